The van der Waals surface area contributed by atoms with E-state index in [-0.39, 0.29) is 0 Å². The van der Waals surface area contributed by atoms with E-state index in [0.717, 1.165) is 35.1 Å². The minimum Gasteiger partial charge on any atom is -0.493 e. The van der Waals surface area contributed by atoms with Crippen molar-refractivity contribution in [2.45, 2.75) is 33.6 Å². The lowest BCUT2D eigenvalue weighted by atomic mass is 9.77. The van der Waals surface area contributed by atoms with Gasteiger partial charge in [-0.15, -0.1) is 0 Å². The first-order valence-electron chi connectivity index (χ1n) is 10.6. The normalized spacial score (nSPS) is 17.2. The first-order valence-corrected chi connectivity index (χ1v) is 10.6. The Hall–Kier alpha value is -3.09. The number of rotatable bonds is 6. The van der Waals surface area contributed by atoms with Crippen molar-refractivity contribution in [3.8, 4) is 45.6 Å². The summed E-state index contributed by atoms with van der Waals surface area (Å²) in [6, 6.07) is 3.87. The second-order valence-corrected chi connectivity index (χ2v) is 8.11. The maximum atomic E-state index is 11.8. The van der Waals surface area contributed by atoms with Crippen LogP contribution in [-0.4, -0.2) is 41.5 Å². The number of carbonyl (C=O) groups is 1. The lowest BCUT2D eigenvalue weighted by Crippen LogP contribution is -2.18. The number of methoxy groups -OCH3 is 5. The van der Waals surface area contributed by atoms with Gasteiger partial charge in [-0.25, -0.2) is 0 Å². The van der Waals surface area contributed by atoms with Crippen molar-refractivity contribution in [2.24, 2.45) is 11.8 Å². The van der Waals surface area contributed by atoms with Gasteiger partial charge in [0.1, 0.15) is 0 Å². The summed E-state index contributed by atoms with van der Waals surface area (Å²) in [5.41, 5.74) is 3.74. The zero-order chi connectivity index (χ0) is 23.6. The molecule has 0 heterocycles. The summed E-state index contributed by atoms with van der Waals surface area (Å²) < 4.78 is 34.1. The first kappa shape index (κ1) is 23.6. The average Bonchev–Trinajstić information content (AvgIpc) is 2.76. The van der Waals surface area contributed by atoms with Gasteiger partial charge in [0.05, 0.1) is 35.5 Å². The second-order valence-electron chi connectivity index (χ2n) is 8.11. The topological polar surface area (TPSA) is 72.5 Å². The van der Waals surface area contributed by atoms with E-state index in [9.17, 15) is 4.79 Å². The van der Waals surface area contributed by atoms with Crippen LogP contribution in [0.3, 0.4) is 0 Å². The molecule has 0 spiro atoms. The number of benzene rings is 2. The highest BCUT2D eigenvalue weighted by atomic mass is 16.6. The van der Waals surface area contributed by atoms with Crippen LogP contribution in [-0.2, 0) is 17.6 Å². The highest BCUT2D eigenvalue weighted by Crippen LogP contribution is 2.55. The van der Waals surface area contributed by atoms with Crippen LogP contribution in [0.4, 0.5) is 0 Å². The molecule has 174 valence electrons. The summed E-state index contributed by atoms with van der Waals surface area (Å²) in [5, 5.41) is 0. The van der Waals surface area contributed by atoms with E-state index in [1.54, 1.807) is 28.4 Å². The second kappa shape index (κ2) is 9.59. The number of ether oxygens (including phenoxy) is 6. The Morgan fingerprint density at radius 2 is 1.09 bits per heavy atom. The molecule has 2 aromatic rings. The zero-order valence-electron chi connectivity index (χ0n) is 20.1. The zero-order valence-corrected chi connectivity index (χ0v) is 20.1. The van der Waals surface area contributed by atoms with E-state index in [4.69, 9.17) is 28.4 Å². The Morgan fingerprint density at radius 1 is 0.688 bits per heavy atom. The van der Waals surface area contributed by atoms with E-state index in [2.05, 4.69) is 13.8 Å². The van der Waals surface area contributed by atoms with E-state index in [1.165, 1.54) is 14.0 Å². The summed E-state index contributed by atoms with van der Waals surface area (Å²) >= 11 is 0. The third kappa shape index (κ3) is 4.04. The first-order chi connectivity index (χ1) is 15.3. The van der Waals surface area contributed by atoms with Crippen LogP contribution >= 0.6 is 0 Å². The molecule has 0 radical (unpaired) electrons. The van der Waals surface area contributed by atoms with Crippen LogP contribution < -0.4 is 28.4 Å². The molecular formula is C25H32O7. The molecule has 2 aromatic carbocycles. The molecule has 7 heteroatoms. The van der Waals surface area contributed by atoms with Crippen LogP contribution in [0.1, 0.15) is 31.9 Å². The van der Waals surface area contributed by atoms with Crippen molar-refractivity contribution in [1.29, 1.82) is 0 Å². The minimum absolute atomic E-state index is 0.331. The van der Waals surface area contributed by atoms with Crippen molar-refractivity contribution < 1.29 is 33.2 Å². The van der Waals surface area contributed by atoms with Crippen LogP contribution in [0, 0.1) is 11.8 Å². The Labute approximate surface area is 189 Å². The molecule has 1 aliphatic rings. The molecule has 0 fully saturated rings. The molecule has 2 atom stereocenters. The SMILES string of the molecule is COc1cc2c(c(OC)c1OC)-c1c(cc(OC(C)=O)c(OC)c1OC)CC(C)C(C)C2. The Balaban J connectivity index is 2.50. The van der Waals surface area contributed by atoms with Gasteiger partial charge in [-0.2, -0.15) is 0 Å². The third-order valence-corrected chi connectivity index (χ3v) is 6.16. The van der Waals surface area contributed by atoms with Crippen molar-refractivity contribution in [3.63, 3.8) is 0 Å². The summed E-state index contributed by atoms with van der Waals surface area (Å²) in [6.45, 7) is 5.82. The number of carbonyl (C=O) groups excluding carboxylic acids is 1. The van der Waals surface area contributed by atoms with Crippen LogP contribution in [0.5, 0.6) is 34.5 Å². The number of hydrogen-bond acceptors (Lipinski definition) is 7. The smallest absolute Gasteiger partial charge is 0.308 e. The van der Waals surface area contributed by atoms with E-state index >= 15 is 0 Å². The summed E-state index contributed by atoms with van der Waals surface area (Å²) in [5.74, 6) is 3.16. The van der Waals surface area contributed by atoms with E-state index in [1.807, 2.05) is 12.1 Å². The van der Waals surface area contributed by atoms with Crippen LogP contribution in [0.2, 0.25) is 0 Å². The van der Waals surface area contributed by atoms with Crippen LogP contribution in [0.15, 0.2) is 12.1 Å². The highest BCUT2D eigenvalue weighted by molar-refractivity contribution is 5.89. The molecule has 0 N–H and O–H groups in total. The monoisotopic (exact) mass is 444 g/mol. The molecule has 0 aliphatic heterocycles. The molecule has 0 saturated heterocycles. The van der Waals surface area contributed by atoms with Gasteiger partial charge in [-0.3, -0.25) is 4.79 Å². The highest BCUT2D eigenvalue weighted by Gasteiger charge is 2.33. The predicted molar refractivity (Wildman–Crippen MR) is 122 cm³/mol. The fourth-order valence-corrected chi connectivity index (χ4v) is 4.46. The molecule has 3 rings (SSSR count). The molecule has 1 aliphatic carbocycles. The van der Waals surface area contributed by atoms with Crippen molar-refractivity contribution in [3.05, 3.63) is 23.3 Å². The van der Waals surface area contributed by atoms with Gasteiger partial charge in [-0.05, 0) is 47.9 Å². The lowest BCUT2D eigenvalue weighted by Gasteiger charge is -2.30. The Morgan fingerprint density at radius 3 is 1.47 bits per heavy atom. The number of hydrogen-bond donors (Lipinski definition) is 0. The fourth-order valence-electron chi connectivity index (χ4n) is 4.46. The molecule has 7 nitrogen and oxygen atoms in total. The fraction of sp³-hybridized carbons (Fsp3) is 0.480. The molecular weight excluding hydrogens is 412 g/mol. The van der Waals surface area contributed by atoms with E-state index in [0.29, 0.717) is 46.3 Å². The van der Waals surface area contributed by atoms with Gasteiger partial charge in [-0.1, -0.05) is 13.8 Å². The summed E-state index contributed by atoms with van der Waals surface area (Å²) in [6.07, 6.45) is 1.59. The van der Waals surface area contributed by atoms with Gasteiger partial charge < -0.3 is 28.4 Å². The van der Waals surface area contributed by atoms with Gasteiger partial charge in [0.25, 0.3) is 0 Å². The number of fused-ring (bicyclic) bond motifs is 3. The quantitative estimate of drug-likeness (QED) is 0.473. The Bertz CT molecular complexity index is 1010. The number of esters is 1. The predicted octanol–water partition coefficient (Wildman–Crippen LogP) is 4.69. The molecule has 0 aromatic heterocycles. The standard InChI is InChI=1S/C25H32O7/c1-13-9-16-11-18(27-4)22(28-5)24(30-7)20(16)21-17(10-14(13)2)12-19(32-15(3)26)23(29-6)25(21)31-8/h11-14H,9-10H2,1-8H3. The third-order valence-electron chi connectivity index (χ3n) is 6.16. The maximum absolute atomic E-state index is 11.8. The van der Waals surface area contributed by atoms with Crippen molar-refractivity contribution in [1.82, 2.24) is 0 Å². The molecule has 0 amide bonds. The van der Waals surface area contributed by atoms with Crippen LogP contribution in [0.25, 0.3) is 11.1 Å². The van der Waals surface area contributed by atoms with Gasteiger partial charge in [0, 0.05) is 18.1 Å². The van der Waals surface area contributed by atoms with Crippen molar-refractivity contribution in [2.75, 3.05) is 35.5 Å². The van der Waals surface area contributed by atoms with Gasteiger partial charge in [0.15, 0.2) is 23.0 Å². The maximum Gasteiger partial charge on any atom is 0.308 e. The summed E-state index contributed by atoms with van der Waals surface area (Å²) in [7, 11) is 7.91. The molecule has 0 bridgehead atoms. The summed E-state index contributed by atoms with van der Waals surface area (Å²) in [4.78, 5) is 11.8. The van der Waals surface area contributed by atoms with Gasteiger partial charge in [0.2, 0.25) is 11.5 Å². The lowest BCUT2D eigenvalue weighted by molar-refractivity contribution is -0.132. The molecule has 32 heavy (non-hydrogen) atoms. The van der Waals surface area contributed by atoms with Crippen molar-refractivity contribution >= 4 is 5.97 Å². The average molecular weight is 445 g/mol. The van der Waals surface area contributed by atoms with Gasteiger partial charge >= 0.3 is 5.97 Å². The Kier molecular flexibility index (Phi) is 7.06. The molecule has 2 unspecified atom stereocenters. The molecule has 0 saturated carbocycles. The largest absolute Gasteiger partial charge is 0.493 e. The van der Waals surface area contributed by atoms with E-state index < -0.39 is 5.97 Å². The minimum atomic E-state index is -0.429.